The summed E-state index contributed by atoms with van der Waals surface area (Å²) >= 11 is 6.97. The van der Waals surface area contributed by atoms with E-state index in [0.29, 0.717) is 12.2 Å². The van der Waals surface area contributed by atoms with Gasteiger partial charge in [-0.25, -0.2) is 5.43 Å². The van der Waals surface area contributed by atoms with Gasteiger partial charge in [-0.15, -0.1) is 0 Å². The van der Waals surface area contributed by atoms with Crippen LogP contribution in [0.1, 0.15) is 18.9 Å². The van der Waals surface area contributed by atoms with E-state index in [1.807, 2.05) is 67.6 Å². The Morgan fingerprint density at radius 1 is 1.11 bits per heavy atom. The number of rotatable bonds is 6. The third-order valence-corrected chi connectivity index (χ3v) is 5.37. The standard InChI is InChI=1S/C21H18Br2N2O2/c1-2-18(21(26)25-24-13-14-7-10-16(22)11-8-14)27-19-12-9-15-5-3-4-6-17(15)20(19)23/h3-13,18H,2H2,1H3,(H,25,26). The smallest absolute Gasteiger partial charge is 0.281 e. The van der Waals surface area contributed by atoms with Gasteiger partial charge in [0.2, 0.25) is 0 Å². The van der Waals surface area contributed by atoms with Gasteiger partial charge in [-0.2, -0.15) is 5.10 Å². The SMILES string of the molecule is CCC(Oc1ccc2ccccc2c1Br)C(=O)NN=Cc1ccc(Br)cc1. The highest BCUT2D eigenvalue weighted by molar-refractivity contribution is 9.11. The van der Waals surface area contributed by atoms with E-state index in [1.54, 1.807) is 6.21 Å². The average Bonchev–Trinajstić information content (AvgIpc) is 2.69. The summed E-state index contributed by atoms with van der Waals surface area (Å²) in [5.74, 6) is 0.346. The predicted octanol–water partition coefficient (Wildman–Crippen LogP) is 5.67. The zero-order chi connectivity index (χ0) is 19.2. The molecule has 0 spiro atoms. The van der Waals surface area contributed by atoms with Crippen LogP contribution in [0.25, 0.3) is 10.8 Å². The molecule has 0 aliphatic rings. The molecule has 0 radical (unpaired) electrons. The van der Waals surface area contributed by atoms with Crippen LogP contribution >= 0.6 is 31.9 Å². The van der Waals surface area contributed by atoms with Crippen LogP contribution in [-0.2, 0) is 4.79 Å². The Bertz CT molecular complexity index is 972. The number of ether oxygens (including phenoxy) is 1. The second-order valence-electron chi connectivity index (χ2n) is 5.90. The van der Waals surface area contributed by atoms with Crippen LogP contribution in [-0.4, -0.2) is 18.2 Å². The van der Waals surface area contributed by atoms with Crippen molar-refractivity contribution in [2.75, 3.05) is 0 Å². The van der Waals surface area contributed by atoms with Gasteiger partial charge in [-0.05, 0) is 56.9 Å². The molecule has 0 saturated carbocycles. The number of hydrazone groups is 1. The number of amides is 1. The molecule has 6 heteroatoms. The summed E-state index contributed by atoms with van der Waals surface area (Å²) in [6.07, 6.45) is 1.49. The van der Waals surface area contributed by atoms with Crippen molar-refractivity contribution in [2.24, 2.45) is 5.10 Å². The Hall–Kier alpha value is -2.18. The highest BCUT2D eigenvalue weighted by Crippen LogP contribution is 2.33. The predicted molar refractivity (Wildman–Crippen MR) is 116 cm³/mol. The van der Waals surface area contributed by atoms with Crippen molar-refractivity contribution in [1.82, 2.24) is 5.43 Å². The summed E-state index contributed by atoms with van der Waals surface area (Å²) in [5, 5.41) is 6.17. The quantitative estimate of drug-likeness (QED) is 0.358. The van der Waals surface area contributed by atoms with Crippen molar-refractivity contribution in [3.8, 4) is 5.75 Å². The van der Waals surface area contributed by atoms with Crippen molar-refractivity contribution < 1.29 is 9.53 Å². The first-order valence-corrected chi connectivity index (χ1v) is 10.1. The van der Waals surface area contributed by atoms with E-state index in [-0.39, 0.29) is 5.91 Å². The molecule has 0 aromatic heterocycles. The first-order valence-electron chi connectivity index (χ1n) is 8.51. The molecule has 1 atom stereocenters. The van der Waals surface area contributed by atoms with Crippen LogP contribution in [0.15, 0.2) is 74.7 Å². The molecular formula is C21H18Br2N2O2. The molecule has 1 N–H and O–H groups in total. The van der Waals surface area contributed by atoms with Crippen LogP contribution < -0.4 is 10.2 Å². The number of halogens is 2. The zero-order valence-electron chi connectivity index (χ0n) is 14.7. The lowest BCUT2D eigenvalue weighted by Crippen LogP contribution is -2.35. The van der Waals surface area contributed by atoms with Gasteiger partial charge in [-0.3, -0.25) is 4.79 Å². The lowest BCUT2D eigenvalue weighted by atomic mass is 10.1. The summed E-state index contributed by atoms with van der Waals surface area (Å²) in [5.41, 5.74) is 3.45. The monoisotopic (exact) mass is 488 g/mol. The van der Waals surface area contributed by atoms with E-state index in [0.717, 1.165) is 25.3 Å². The number of carbonyl (C=O) groups is 1. The van der Waals surface area contributed by atoms with Crippen molar-refractivity contribution in [2.45, 2.75) is 19.4 Å². The van der Waals surface area contributed by atoms with E-state index in [1.165, 1.54) is 0 Å². The van der Waals surface area contributed by atoms with E-state index in [4.69, 9.17) is 4.74 Å². The lowest BCUT2D eigenvalue weighted by molar-refractivity contribution is -0.128. The van der Waals surface area contributed by atoms with E-state index >= 15 is 0 Å². The molecule has 1 unspecified atom stereocenters. The van der Waals surface area contributed by atoms with Crippen LogP contribution in [0, 0.1) is 0 Å². The van der Waals surface area contributed by atoms with Crippen LogP contribution in [0.3, 0.4) is 0 Å². The number of nitrogens with one attached hydrogen (secondary N) is 1. The summed E-state index contributed by atoms with van der Waals surface area (Å²) in [6.45, 7) is 1.90. The Morgan fingerprint density at radius 3 is 2.59 bits per heavy atom. The molecule has 4 nitrogen and oxygen atoms in total. The lowest BCUT2D eigenvalue weighted by Gasteiger charge is -2.17. The van der Waals surface area contributed by atoms with Gasteiger partial charge >= 0.3 is 0 Å². The summed E-state index contributed by atoms with van der Waals surface area (Å²) in [4.78, 5) is 12.4. The fourth-order valence-corrected chi connectivity index (χ4v) is 3.42. The fraction of sp³-hybridized carbons (Fsp3) is 0.143. The molecule has 0 fully saturated rings. The molecule has 27 heavy (non-hydrogen) atoms. The number of carbonyl (C=O) groups excluding carboxylic acids is 1. The molecule has 0 aliphatic heterocycles. The van der Waals surface area contributed by atoms with Gasteiger partial charge in [0.25, 0.3) is 5.91 Å². The minimum absolute atomic E-state index is 0.286. The zero-order valence-corrected chi connectivity index (χ0v) is 17.8. The molecule has 0 bridgehead atoms. The molecule has 0 saturated heterocycles. The third-order valence-electron chi connectivity index (χ3n) is 4.02. The van der Waals surface area contributed by atoms with Gasteiger partial charge < -0.3 is 4.74 Å². The number of hydrogen-bond acceptors (Lipinski definition) is 3. The second kappa shape index (κ2) is 9.15. The van der Waals surface area contributed by atoms with Crippen molar-refractivity contribution in [3.63, 3.8) is 0 Å². The van der Waals surface area contributed by atoms with Crippen molar-refractivity contribution in [1.29, 1.82) is 0 Å². The normalized spacial score (nSPS) is 12.3. The van der Waals surface area contributed by atoms with Gasteiger partial charge in [-0.1, -0.05) is 65.3 Å². The van der Waals surface area contributed by atoms with E-state index < -0.39 is 6.10 Å². The topological polar surface area (TPSA) is 50.7 Å². The van der Waals surface area contributed by atoms with E-state index in [9.17, 15) is 4.79 Å². The van der Waals surface area contributed by atoms with Crippen molar-refractivity contribution in [3.05, 3.63) is 75.2 Å². The molecule has 3 aromatic rings. The highest BCUT2D eigenvalue weighted by atomic mass is 79.9. The van der Waals surface area contributed by atoms with Gasteiger partial charge in [0.05, 0.1) is 10.7 Å². The second-order valence-corrected chi connectivity index (χ2v) is 7.61. The number of benzene rings is 3. The minimum Gasteiger partial charge on any atom is -0.479 e. The van der Waals surface area contributed by atoms with Crippen molar-refractivity contribution >= 4 is 54.8 Å². The molecule has 0 heterocycles. The molecule has 3 aromatic carbocycles. The third kappa shape index (κ3) is 4.96. The van der Waals surface area contributed by atoms with Crippen LogP contribution in [0.4, 0.5) is 0 Å². The van der Waals surface area contributed by atoms with Crippen LogP contribution in [0.2, 0.25) is 0 Å². The Morgan fingerprint density at radius 2 is 1.85 bits per heavy atom. The fourth-order valence-electron chi connectivity index (χ4n) is 2.57. The summed E-state index contributed by atoms with van der Waals surface area (Å²) in [6, 6.07) is 19.5. The molecule has 0 aliphatic carbocycles. The Balaban J connectivity index is 1.68. The number of hydrogen-bond donors (Lipinski definition) is 1. The molecule has 3 rings (SSSR count). The molecule has 1 amide bonds. The maximum atomic E-state index is 12.4. The van der Waals surface area contributed by atoms with Gasteiger partial charge in [0, 0.05) is 4.47 Å². The Kier molecular flexibility index (Phi) is 6.63. The van der Waals surface area contributed by atoms with Gasteiger partial charge in [0.15, 0.2) is 6.10 Å². The highest BCUT2D eigenvalue weighted by Gasteiger charge is 2.19. The number of fused-ring (bicyclic) bond motifs is 1. The molecular weight excluding hydrogens is 472 g/mol. The maximum Gasteiger partial charge on any atom is 0.281 e. The first kappa shape index (κ1) is 19.6. The number of nitrogens with zero attached hydrogens (tertiary/aromatic N) is 1. The largest absolute Gasteiger partial charge is 0.479 e. The Labute approximate surface area is 174 Å². The summed E-state index contributed by atoms with van der Waals surface area (Å²) in [7, 11) is 0. The van der Waals surface area contributed by atoms with Crippen LogP contribution in [0.5, 0.6) is 5.75 Å². The van der Waals surface area contributed by atoms with E-state index in [2.05, 4.69) is 42.4 Å². The summed E-state index contributed by atoms with van der Waals surface area (Å²) < 4.78 is 7.77. The molecule has 138 valence electrons. The first-order chi connectivity index (χ1) is 13.1. The average molecular weight is 490 g/mol. The minimum atomic E-state index is -0.635. The maximum absolute atomic E-state index is 12.4. The van der Waals surface area contributed by atoms with Gasteiger partial charge in [0.1, 0.15) is 5.75 Å².